The lowest BCUT2D eigenvalue weighted by atomic mass is 10.1. The minimum absolute atomic E-state index is 0.186. The van der Waals surface area contributed by atoms with Crippen molar-refractivity contribution in [3.05, 3.63) is 29.8 Å². The average Bonchev–Trinajstić information content (AvgIpc) is 2.36. The summed E-state index contributed by atoms with van der Waals surface area (Å²) in [5, 5.41) is 0. The van der Waals surface area contributed by atoms with Gasteiger partial charge < -0.3 is 10.5 Å². The molecule has 1 aromatic rings. The van der Waals surface area contributed by atoms with Crippen LogP contribution in [0.25, 0.3) is 0 Å². The second-order valence-electron chi connectivity index (χ2n) is 4.12. The molecular formula is C13H21NO3S. The summed E-state index contributed by atoms with van der Waals surface area (Å²) in [4.78, 5) is 0. The molecule has 0 amide bonds. The van der Waals surface area contributed by atoms with E-state index in [2.05, 4.69) is 0 Å². The van der Waals surface area contributed by atoms with Crippen molar-refractivity contribution in [1.29, 1.82) is 0 Å². The van der Waals surface area contributed by atoms with Crippen LogP contribution in [0.2, 0.25) is 0 Å². The Morgan fingerprint density at radius 3 is 2.78 bits per heavy atom. The number of ether oxygens (including phenoxy) is 1. The van der Waals surface area contributed by atoms with Gasteiger partial charge in [-0.2, -0.15) is 0 Å². The van der Waals surface area contributed by atoms with Crippen molar-refractivity contribution in [3.8, 4) is 5.75 Å². The quantitative estimate of drug-likeness (QED) is 0.725. The summed E-state index contributed by atoms with van der Waals surface area (Å²) in [6.45, 7) is 2.69. The summed E-state index contributed by atoms with van der Waals surface area (Å²) < 4.78 is 28.1. The zero-order chi connectivity index (χ0) is 13.4. The van der Waals surface area contributed by atoms with E-state index in [4.69, 9.17) is 10.5 Å². The maximum Gasteiger partial charge on any atom is 0.150 e. The van der Waals surface area contributed by atoms with Crippen molar-refractivity contribution in [2.24, 2.45) is 5.73 Å². The highest BCUT2D eigenvalue weighted by molar-refractivity contribution is 7.91. The molecule has 0 aliphatic rings. The number of hydrogen-bond acceptors (Lipinski definition) is 4. The van der Waals surface area contributed by atoms with Crippen molar-refractivity contribution in [3.63, 3.8) is 0 Å². The molecule has 2 N–H and O–H groups in total. The molecule has 0 fully saturated rings. The Labute approximate surface area is 109 Å². The van der Waals surface area contributed by atoms with Crippen LogP contribution in [0.3, 0.4) is 0 Å². The number of nitrogens with two attached hydrogens (primary N) is 1. The standard InChI is InChI=1S/C13H21NO3S/c1-2-18(15,16)10-4-9-17-13-6-3-5-12(11-13)7-8-14/h3,5-6,11H,2,4,7-10,14H2,1H3. The van der Waals surface area contributed by atoms with Gasteiger partial charge in [-0.25, -0.2) is 8.42 Å². The molecule has 4 nitrogen and oxygen atoms in total. The molecule has 0 saturated carbocycles. The Morgan fingerprint density at radius 2 is 2.11 bits per heavy atom. The van der Waals surface area contributed by atoms with Gasteiger partial charge in [-0.1, -0.05) is 19.1 Å². The first-order chi connectivity index (χ1) is 8.57. The Kier molecular flexibility index (Phi) is 6.15. The van der Waals surface area contributed by atoms with E-state index in [-0.39, 0.29) is 11.5 Å². The van der Waals surface area contributed by atoms with Crippen molar-refractivity contribution in [2.75, 3.05) is 24.7 Å². The van der Waals surface area contributed by atoms with Gasteiger partial charge in [-0.15, -0.1) is 0 Å². The second kappa shape index (κ2) is 7.38. The molecule has 18 heavy (non-hydrogen) atoms. The second-order valence-corrected chi connectivity index (χ2v) is 6.60. The average molecular weight is 271 g/mol. The first kappa shape index (κ1) is 15.0. The van der Waals surface area contributed by atoms with E-state index in [1.807, 2.05) is 24.3 Å². The maximum atomic E-state index is 11.3. The molecule has 0 aliphatic heterocycles. The molecule has 0 spiro atoms. The Bertz CT molecular complexity index is 457. The van der Waals surface area contributed by atoms with E-state index in [9.17, 15) is 8.42 Å². The Hall–Kier alpha value is -1.07. The predicted molar refractivity (Wildman–Crippen MR) is 73.6 cm³/mol. The van der Waals surface area contributed by atoms with Crippen LogP contribution in [0.1, 0.15) is 18.9 Å². The van der Waals surface area contributed by atoms with E-state index >= 15 is 0 Å². The fourth-order valence-corrected chi connectivity index (χ4v) is 2.42. The minimum atomic E-state index is -2.89. The Balaban J connectivity index is 2.37. The predicted octanol–water partition coefficient (Wildman–Crippen LogP) is 1.39. The maximum absolute atomic E-state index is 11.3. The summed E-state index contributed by atoms with van der Waals surface area (Å²) in [5.74, 6) is 1.15. The highest BCUT2D eigenvalue weighted by Gasteiger charge is 2.06. The molecule has 0 bridgehead atoms. The molecule has 0 saturated heterocycles. The van der Waals surface area contributed by atoms with E-state index in [0.717, 1.165) is 17.7 Å². The lowest BCUT2D eigenvalue weighted by molar-refractivity contribution is 0.317. The first-order valence-corrected chi connectivity index (χ1v) is 8.02. The number of sulfone groups is 1. The van der Waals surface area contributed by atoms with Crippen molar-refractivity contribution < 1.29 is 13.2 Å². The van der Waals surface area contributed by atoms with Crippen LogP contribution in [-0.4, -0.2) is 33.1 Å². The summed E-state index contributed by atoms with van der Waals surface area (Å²) >= 11 is 0. The molecule has 1 rings (SSSR count). The van der Waals surface area contributed by atoms with Crippen LogP contribution in [0.15, 0.2) is 24.3 Å². The van der Waals surface area contributed by atoms with Gasteiger partial charge in [0.1, 0.15) is 15.6 Å². The lowest BCUT2D eigenvalue weighted by Crippen LogP contribution is -2.11. The van der Waals surface area contributed by atoms with Crippen molar-refractivity contribution >= 4 is 9.84 Å². The van der Waals surface area contributed by atoms with Gasteiger partial charge in [0.25, 0.3) is 0 Å². The topological polar surface area (TPSA) is 69.4 Å². The third-order valence-corrected chi connectivity index (χ3v) is 4.43. The largest absolute Gasteiger partial charge is 0.494 e. The normalized spacial score (nSPS) is 11.4. The summed E-state index contributed by atoms with van der Waals surface area (Å²) in [6.07, 6.45) is 1.35. The van der Waals surface area contributed by atoms with Gasteiger partial charge in [0.05, 0.1) is 12.4 Å². The summed E-state index contributed by atoms with van der Waals surface area (Å²) in [6, 6.07) is 7.74. The molecule has 0 aliphatic carbocycles. The SMILES string of the molecule is CCS(=O)(=O)CCCOc1cccc(CCN)c1. The van der Waals surface area contributed by atoms with Gasteiger partial charge >= 0.3 is 0 Å². The van der Waals surface area contributed by atoms with Crippen LogP contribution >= 0.6 is 0 Å². The smallest absolute Gasteiger partial charge is 0.150 e. The summed E-state index contributed by atoms with van der Waals surface area (Å²) in [5.41, 5.74) is 6.62. The van der Waals surface area contributed by atoms with Gasteiger partial charge in [-0.05, 0) is 37.1 Å². The molecule has 1 aromatic carbocycles. The highest BCUT2D eigenvalue weighted by atomic mass is 32.2. The molecule has 0 radical (unpaired) electrons. The zero-order valence-corrected chi connectivity index (χ0v) is 11.6. The van der Waals surface area contributed by atoms with Gasteiger partial charge in [0.15, 0.2) is 0 Å². The third kappa shape index (κ3) is 5.51. The van der Waals surface area contributed by atoms with E-state index < -0.39 is 9.84 Å². The summed E-state index contributed by atoms with van der Waals surface area (Å²) in [7, 11) is -2.89. The number of hydrogen-bond donors (Lipinski definition) is 1. The Morgan fingerprint density at radius 1 is 1.33 bits per heavy atom. The van der Waals surface area contributed by atoms with Crippen molar-refractivity contribution in [1.82, 2.24) is 0 Å². The molecule has 0 unspecified atom stereocenters. The third-order valence-electron chi connectivity index (χ3n) is 2.64. The fraction of sp³-hybridized carbons (Fsp3) is 0.538. The van der Waals surface area contributed by atoms with E-state index in [1.54, 1.807) is 6.92 Å². The van der Waals surface area contributed by atoms with Crippen LogP contribution < -0.4 is 10.5 Å². The van der Waals surface area contributed by atoms with E-state index in [1.165, 1.54) is 0 Å². The number of benzene rings is 1. The van der Waals surface area contributed by atoms with Crippen LogP contribution in [0.5, 0.6) is 5.75 Å². The molecular weight excluding hydrogens is 250 g/mol. The molecule has 5 heteroatoms. The van der Waals surface area contributed by atoms with Crippen LogP contribution in [0, 0.1) is 0 Å². The molecule has 102 valence electrons. The zero-order valence-electron chi connectivity index (χ0n) is 10.8. The van der Waals surface area contributed by atoms with Crippen LogP contribution in [-0.2, 0) is 16.3 Å². The lowest BCUT2D eigenvalue weighted by Gasteiger charge is -2.07. The molecule has 0 heterocycles. The minimum Gasteiger partial charge on any atom is -0.494 e. The van der Waals surface area contributed by atoms with Gasteiger partial charge in [0.2, 0.25) is 0 Å². The van der Waals surface area contributed by atoms with Gasteiger partial charge in [0, 0.05) is 5.75 Å². The van der Waals surface area contributed by atoms with Crippen LogP contribution in [0.4, 0.5) is 0 Å². The fourth-order valence-electron chi connectivity index (χ4n) is 1.57. The van der Waals surface area contributed by atoms with Gasteiger partial charge in [-0.3, -0.25) is 0 Å². The monoisotopic (exact) mass is 271 g/mol. The molecule has 0 aromatic heterocycles. The number of rotatable bonds is 8. The first-order valence-electron chi connectivity index (χ1n) is 6.19. The van der Waals surface area contributed by atoms with E-state index in [0.29, 0.717) is 19.6 Å². The molecule has 0 atom stereocenters. The van der Waals surface area contributed by atoms with Crippen molar-refractivity contribution in [2.45, 2.75) is 19.8 Å². The highest BCUT2D eigenvalue weighted by Crippen LogP contribution is 2.13.